The molecule has 0 heterocycles. The maximum Gasteiger partial charge on any atom is 0.191 e. The van der Waals surface area contributed by atoms with Crippen molar-refractivity contribution in [2.75, 3.05) is 20.1 Å². The number of rotatable bonds is 5. The molecule has 0 spiro atoms. The van der Waals surface area contributed by atoms with Crippen LogP contribution in [-0.4, -0.2) is 26.1 Å². The van der Waals surface area contributed by atoms with Crippen LogP contribution >= 0.6 is 0 Å². The van der Waals surface area contributed by atoms with Crippen LogP contribution < -0.4 is 10.6 Å². The molecule has 3 heteroatoms. The molecule has 0 radical (unpaired) electrons. The van der Waals surface area contributed by atoms with Gasteiger partial charge in [0.25, 0.3) is 0 Å². The summed E-state index contributed by atoms with van der Waals surface area (Å²) in [7, 11) is 1.81. The zero-order valence-electron chi connectivity index (χ0n) is 12.8. The Labute approximate surface area is 117 Å². The van der Waals surface area contributed by atoms with Crippen molar-refractivity contribution in [1.82, 2.24) is 10.6 Å². The number of benzene rings is 1. The minimum absolute atomic E-state index is 0.0801. The van der Waals surface area contributed by atoms with E-state index in [2.05, 4.69) is 73.7 Å². The highest BCUT2D eigenvalue weighted by Gasteiger charge is 2.20. The largest absolute Gasteiger partial charge is 0.356 e. The Hall–Kier alpha value is -1.51. The molecule has 0 bridgehead atoms. The number of nitrogens with zero attached hydrogens (tertiary/aromatic N) is 1. The van der Waals surface area contributed by atoms with E-state index in [0.717, 1.165) is 19.0 Å². The van der Waals surface area contributed by atoms with Crippen molar-refractivity contribution in [3.8, 4) is 0 Å². The highest BCUT2D eigenvalue weighted by Crippen LogP contribution is 2.21. The molecule has 0 aliphatic carbocycles. The third-order valence-electron chi connectivity index (χ3n) is 3.15. The molecule has 2 N–H and O–H groups in total. The lowest BCUT2D eigenvalue weighted by molar-refractivity contribution is 0.506. The predicted octanol–water partition coefficient (Wildman–Crippen LogP) is 2.79. The molecule has 0 saturated heterocycles. The van der Waals surface area contributed by atoms with Crippen molar-refractivity contribution >= 4 is 5.96 Å². The molecule has 3 nitrogen and oxygen atoms in total. The van der Waals surface area contributed by atoms with Crippen molar-refractivity contribution in [2.45, 2.75) is 33.1 Å². The van der Waals surface area contributed by atoms with Crippen LogP contribution in [0.3, 0.4) is 0 Å². The van der Waals surface area contributed by atoms with E-state index in [1.807, 2.05) is 7.05 Å². The predicted molar refractivity (Wildman–Crippen MR) is 83.7 cm³/mol. The van der Waals surface area contributed by atoms with Crippen molar-refractivity contribution in [2.24, 2.45) is 10.9 Å². The van der Waals surface area contributed by atoms with Gasteiger partial charge in [0.05, 0.1) is 0 Å². The number of nitrogens with one attached hydrogen (secondary N) is 2. The van der Waals surface area contributed by atoms with Crippen LogP contribution in [0, 0.1) is 5.92 Å². The fourth-order valence-corrected chi connectivity index (χ4v) is 1.82. The van der Waals surface area contributed by atoms with E-state index in [4.69, 9.17) is 0 Å². The molecule has 1 rings (SSSR count). The Morgan fingerprint density at radius 2 is 1.79 bits per heavy atom. The Balaban J connectivity index is 2.54. The molecule has 0 aliphatic heterocycles. The molecule has 0 atom stereocenters. The summed E-state index contributed by atoms with van der Waals surface area (Å²) in [5, 5.41) is 6.73. The second-order valence-electron chi connectivity index (χ2n) is 5.95. The summed E-state index contributed by atoms with van der Waals surface area (Å²) in [6, 6.07) is 10.6. The minimum Gasteiger partial charge on any atom is -0.356 e. The molecule has 0 aromatic heterocycles. The maximum absolute atomic E-state index is 4.25. The van der Waals surface area contributed by atoms with E-state index in [1.54, 1.807) is 0 Å². The zero-order chi connectivity index (χ0) is 14.3. The van der Waals surface area contributed by atoms with Crippen LogP contribution in [-0.2, 0) is 5.41 Å². The lowest BCUT2D eigenvalue weighted by Crippen LogP contribution is -2.44. The lowest BCUT2D eigenvalue weighted by Gasteiger charge is -2.27. The Morgan fingerprint density at radius 1 is 1.16 bits per heavy atom. The minimum atomic E-state index is 0.0801. The monoisotopic (exact) mass is 261 g/mol. The van der Waals surface area contributed by atoms with Gasteiger partial charge in [0.2, 0.25) is 0 Å². The van der Waals surface area contributed by atoms with Gasteiger partial charge in [-0.2, -0.15) is 0 Å². The van der Waals surface area contributed by atoms with Crippen molar-refractivity contribution < 1.29 is 0 Å². The molecular weight excluding hydrogens is 234 g/mol. The molecule has 0 unspecified atom stereocenters. The van der Waals surface area contributed by atoms with Crippen LogP contribution in [0.15, 0.2) is 35.3 Å². The van der Waals surface area contributed by atoms with Crippen LogP contribution in [0.5, 0.6) is 0 Å². The van der Waals surface area contributed by atoms with Gasteiger partial charge in [0, 0.05) is 25.6 Å². The summed E-state index contributed by atoms with van der Waals surface area (Å²) in [4.78, 5) is 4.25. The Kier molecular flexibility index (Phi) is 5.87. The van der Waals surface area contributed by atoms with Gasteiger partial charge < -0.3 is 10.6 Å². The van der Waals surface area contributed by atoms with Gasteiger partial charge in [-0.1, -0.05) is 58.0 Å². The first-order valence-electron chi connectivity index (χ1n) is 6.96. The summed E-state index contributed by atoms with van der Waals surface area (Å²) in [6.45, 7) is 10.7. The van der Waals surface area contributed by atoms with Crippen molar-refractivity contribution in [1.29, 1.82) is 0 Å². The van der Waals surface area contributed by atoms with Gasteiger partial charge in [0.1, 0.15) is 0 Å². The number of aliphatic imine (C=N–C) groups is 1. The third-order valence-corrected chi connectivity index (χ3v) is 3.15. The molecule has 19 heavy (non-hydrogen) atoms. The second-order valence-corrected chi connectivity index (χ2v) is 5.95. The summed E-state index contributed by atoms with van der Waals surface area (Å²) < 4.78 is 0. The Bertz CT molecular complexity index is 394. The van der Waals surface area contributed by atoms with E-state index in [1.165, 1.54) is 5.56 Å². The highest BCUT2D eigenvalue weighted by atomic mass is 15.2. The quantitative estimate of drug-likeness (QED) is 0.631. The molecule has 0 aliphatic rings. The number of hydrogen-bond acceptors (Lipinski definition) is 1. The zero-order valence-corrected chi connectivity index (χ0v) is 12.8. The summed E-state index contributed by atoms with van der Waals surface area (Å²) in [5.74, 6) is 1.48. The summed E-state index contributed by atoms with van der Waals surface area (Å²) >= 11 is 0. The third kappa shape index (κ3) is 5.33. The SMILES string of the molecule is CN=C(NCC(C)C)NCC(C)(C)c1ccccc1. The second kappa shape index (κ2) is 7.17. The van der Waals surface area contributed by atoms with Gasteiger partial charge in [-0.05, 0) is 11.5 Å². The van der Waals surface area contributed by atoms with Gasteiger partial charge in [-0.25, -0.2) is 0 Å². The molecule has 0 saturated carbocycles. The smallest absolute Gasteiger partial charge is 0.191 e. The van der Waals surface area contributed by atoms with Gasteiger partial charge in [0.15, 0.2) is 5.96 Å². The van der Waals surface area contributed by atoms with Gasteiger partial charge >= 0.3 is 0 Å². The van der Waals surface area contributed by atoms with E-state index < -0.39 is 0 Å². The van der Waals surface area contributed by atoms with E-state index in [-0.39, 0.29) is 5.41 Å². The lowest BCUT2D eigenvalue weighted by atomic mass is 9.85. The summed E-state index contributed by atoms with van der Waals surface area (Å²) in [6.07, 6.45) is 0. The van der Waals surface area contributed by atoms with Crippen molar-refractivity contribution in [3.05, 3.63) is 35.9 Å². The normalized spacial score (nSPS) is 12.6. The first kappa shape index (κ1) is 15.5. The molecule has 1 aromatic carbocycles. The molecular formula is C16H27N3. The highest BCUT2D eigenvalue weighted by molar-refractivity contribution is 5.79. The Morgan fingerprint density at radius 3 is 2.32 bits per heavy atom. The molecule has 0 amide bonds. The number of guanidine groups is 1. The van der Waals surface area contributed by atoms with Crippen LogP contribution in [0.4, 0.5) is 0 Å². The van der Waals surface area contributed by atoms with Crippen LogP contribution in [0.25, 0.3) is 0 Å². The molecule has 0 fully saturated rings. The van der Waals surface area contributed by atoms with Crippen LogP contribution in [0.1, 0.15) is 33.3 Å². The van der Waals surface area contributed by atoms with E-state index >= 15 is 0 Å². The van der Waals surface area contributed by atoms with Crippen molar-refractivity contribution in [3.63, 3.8) is 0 Å². The fourth-order valence-electron chi connectivity index (χ4n) is 1.82. The average Bonchev–Trinajstić information content (AvgIpc) is 2.39. The topological polar surface area (TPSA) is 36.4 Å². The first-order chi connectivity index (χ1) is 8.95. The average molecular weight is 261 g/mol. The summed E-state index contributed by atoms with van der Waals surface area (Å²) in [5.41, 5.74) is 1.42. The molecule has 106 valence electrons. The van der Waals surface area contributed by atoms with Gasteiger partial charge in [-0.3, -0.25) is 4.99 Å². The van der Waals surface area contributed by atoms with Gasteiger partial charge in [-0.15, -0.1) is 0 Å². The number of hydrogen-bond donors (Lipinski definition) is 2. The standard InChI is InChI=1S/C16H27N3/c1-13(2)11-18-15(17-5)19-12-16(3,4)14-9-7-6-8-10-14/h6-10,13H,11-12H2,1-5H3,(H2,17,18,19). The van der Waals surface area contributed by atoms with E-state index in [0.29, 0.717) is 5.92 Å². The fraction of sp³-hybridized carbons (Fsp3) is 0.562. The molecule has 1 aromatic rings. The maximum atomic E-state index is 4.25. The van der Waals surface area contributed by atoms with E-state index in [9.17, 15) is 0 Å². The van der Waals surface area contributed by atoms with Crippen LogP contribution in [0.2, 0.25) is 0 Å². The first-order valence-corrected chi connectivity index (χ1v) is 6.96.